The molecule has 1 saturated carbocycles. The van der Waals surface area contributed by atoms with Crippen molar-refractivity contribution in [1.29, 1.82) is 0 Å². The SMILES string of the molecule is CCc1cc(=O)n2nc(NCc3ccn(C4CCCC4)n3)sc2n1. The molecule has 1 N–H and O–H groups in total. The molecule has 3 heterocycles. The van der Waals surface area contributed by atoms with Gasteiger partial charge >= 0.3 is 0 Å². The van der Waals surface area contributed by atoms with Gasteiger partial charge in [0, 0.05) is 18.0 Å². The van der Waals surface area contributed by atoms with E-state index in [1.165, 1.54) is 41.5 Å². The summed E-state index contributed by atoms with van der Waals surface area (Å²) in [5, 5.41) is 12.9. The van der Waals surface area contributed by atoms with Crippen LogP contribution in [0.2, 0.25) is 0 Å². The summed E-state index contributed by atoms with van der Waals surface area (Å²) in [4.78, 5) is 17.1. The molecule has 1 aliphatic carbocycles. The fourth-order valence-electron chi connectivity index (χ4n) is 3.12. The van der Waals surface area contributed by atoms with Crippen LogP contribution in [-0.2, 0) is 13.0 Å². The zero-order chi connectivity index (χ0) is 16.5. The van der Waals surface area contributed by atoms with E-state index in [0.717, 1.165) is 17.8 Å². The topological polar surface area (TPSA) is 77.1 Å². The Kier molecular flexibility index (Phi) is 4.05. The average molecular weight is 344 g/mol. The van der Waals surface area contributed by atoms with Crippen LogP contribution in [0.25, 0.3) is 4.96 Å². The predicted octanol–water partition coefficient (Wildman–Crippen LogP) is 2.64. The summed E-state index contributed by atoms with van der Waals surface area (Å²) >= 11 is 1.39. The number of hydrogen-bond donors (Lipinski definition) is 1. The lowest BCUT2D eigenvalue weighted by molar-refractivity contribution is 0.463. The van der Waals surface area contributed by atoms with Crippen LogP contribution < -0.4 is 10.9 Å². The molecule has 3 aromatic heterocycles. The van der Waals surface area contributed by atoms with Crippen molar-refractivity contribution in [2.75, 3.05) is 5.32 Å². The smallest absolute Gasteiger partial charge is 0.275 e. The van der Waals surface area contributed by atoms with E-state index >= 15 is 0 Å². The quantitative estimate of drug-likeness (QED) is 0.770. The van der Waals surface area contributed by atoms with Gasteiger partial charge in [-0.05, 0) is 25.3 Å². The van der Waals surface area contributed by atoms with E-state index in [2.05, 4.69) is 31.4 Å². The van der Waals surface area contributed by atoms with Crippen LogP contribution in [0.1, 0.15) is 50.0 Å². The highest BCUT2D eigenvalue weighted by atomic mass is 32.1. The van der Waals surface area contributed by atoms with Crippen LogP contribution in [0.3, 0.4) is 0 Å². The van der Waals surface area contributed by atoms with Crippen molar-refractivity contribution in [2.45, 2.75) is 51.6 Å². The van der Waals surface area contributed by atoms with Crippen molar-refractivity contribution in [3.05, 3.63) is 40.1 Å². The Morgan fingerprint density at radius 1 is 1.29 bits per heavy atom. The van der Waals surface area contributed by atoms with Gasteiger partial charge in [-0.3, -0.25) is 9.48 Å². The molecule has 0 aliphatic heterocycles. The average Bonchev–Trinajstić information content (AvgIpc) is 3.31. The Labute approximate surface area is 143 Å². The van der Waals surface area contributed by atoms with E-state index in [0.29, 0.717) is 22.7 Å². The Bertz CT molecular complexity index is 905. The minimum atomic E-state index is -0.133. The fourth-order valence-corrected chi connectivity index (χ4v) is 3.94. The molecule has 0 atom stereocenters. The van der Waals surface area contributed by atoms with Gasteiger partial charge in [-0.1, -0.05) is 31.1 Å². The van der Waals surface area contributed by atoms with Gasteiger partial charge < -0.3 is 5.32 Å². The first-order valence-electron chi connectivity index (χ1n) is 8.40. The van der Waals surface area contributed by atoms with Gasteiger partial charge in [-0.2, -0.15) is 9.61 Å². The second-order valence-electron chi connectivity index (χ2n) is 6.12. The lowest BCUT2D eigenvalue weighted by atomic mass is 10.3. The van der Waals surface area contributed by atoms with Crippen LogP contribution in [0, 0.1) is 0 Å². The van der Waals surface area contributed by atoms with Gasteiger partial charge in [0.25, 0.3) is 5.56 Å². The summed E-state index contributed by atoms with van der Waals surface area (Å²) in [6.45, 7) is 2.58. The Hall–Kier alpha value is -2.22. The molecule has 0 aromatic carbocycles. The molecule has 3 aromatic rings. The van der Waals surface area contributed by atoms with E-state index in [9.17, 15) is 4.79 Å². The fraction of sp³-hybridized carbons (Fsp3) is 0.500. The summed E-state index contributed by atoms with van der Waals surface area (Å²) in [6, 6.07) is 4.13. The number of fused-ring (bicyclic) bond motifs is 1. The van der Waals surface area contributed by atoms with E-state index in [1.54, 1.807) is 6.07 Å². The third kappa shape index (κ3) is 2.93. The van der Waals surface area contributed by atoms with Gasteiger partial charge in [0.15, 0.2) is 0 Å². The molecule has 0 unspecified atom stereocenters. The first kappa shape index (κ1) is 15.3. The molecule has 1 fully saturated rings. The van der Waals surface area contributed by atoms with Crippen molar-refractivity contribution in [3.8, 4) is 0 Å². The first-order valence-corrected chi connectivity index (χ1v) is 9.22. The number of aromatic nitrogens is 5. The molecular weight excluding hydrogens is 324 g/mol. The van der Waals surface area contributed by atoms with Crippen LogP contribution in [0.5, 0.6) is 0 Å². The van der Waals surface area contributed by atoms with Crippen molar-refractivity contribution in [1.82, 2.24) is 24.4 Å². The third-order valence-electron chi connectivity index (χ3n) is 4.44. The number of aryl methyl sites for hydroxylation is 1. The molecule has 24 heavy (non-hydrogen) atoms. The van der Waals surface area contributed by atoms with Crippen molar-refractivity contribution in [3.63, 3.8) is 0 Å². The molecule has 0 spiro atoms. The summed E-state index contributed by atoms with van der Waals surface area (Å²) in [6.07, 6.45) is 7.84. The second-order valence-corrected chi connectivity index (χ2v) is 7.08. The highest BCUT2D eigenvalue weighted by Crippen LogP contribution is 2.28. The zero-order valence-corrected chi connectivity index (χ0v) is 14.4. The number of nitrogens with one attached hydrogen (secondary N) is 1. The summed E-state index contributed by atoms with van der Waals surface area (Å²) in [5.41, 5.74) is 1.65. The van der Waals surface area contributed by atoms with Gasteiger partial charge in [-0.25, -0.2) is 4.98 Å². The van der Waals surface area contributed by atoms with Crippen molar-refractivity contribution < 1.29 is 0 Å². The molecule has 1 aliphatic rings. The monoisotopic (exact) mass is 344 g/mol. The Morgan fingerprint density at radius 3 is 2.92 bits per heavy atom. The lowest BCUT2D eigenvalue weighted by Gasteiger charge is -2.08. The maximum absolute atomic E-state index is 12.0. The molecule has 0 bridgehead atoms. The third-order valence-corrected chi connectivity index (χ3v) is 5.31. The maximum Gasteiger partial charge on any atom is 0.275 e. The minimum absolute atomic E-state index is 0.133. The Morgan fingerprint density at radius 2 is 2.12 bits per heavy atom. The highest BCUT2D eigenvalue weighted by molar-refractivity contribution is 7.20. The first-order chi connectivity index (χ1) is 11.7. The van der Waals surface area contributed by atoms with Crippen LogP contribution in [0.4, 0.5) is 5.13 Å². The second kappa shape index (κ2) is 6.35. The van der Waals surface area contributed by atoms with Gasteiger partial charge in [-0.15, -0.1) is 5.10 Å². The zero-order valence-electron chi connectivity index (χ0n) is 13.6. The van der Waals surface area contributed by atoms with Crippen molar-refractivity contribution in [2.24, 2.45) is 0 Å². The van der Waals surface area contributed by atoms with E-state index < -0.39 is 0 Å². The van der Waals surface area contributed by atoms with Gasteiger partial charge in [0.05, 0.1) is 18.3 Å². The molecule has 0 radical (unpaired) electrons. The molecular formula is C16H20N6OS. The maximum atomic E-state index is 12.0. The molecule has 0 amide bonds. The summed E-state index contributed by atoms with van der Waals surface area (Å²) < 4.78 is 3.44. The van der Waals surface area contributed by atoms with E-state index in [1.807, 2.05) is 13.0 Å². The number of anilines is 1. The minimum Gasteiger partial charge on any atom is -0.354 e. The predicted molar refractivity (Wildman–Crippen MR) is 93.6 cm³/mol. The molecule has 7 nitrogen and oxygen atoms in total. The molecule has 0 saturated heterocycles. The molecule has 126 valence electrons. The van der Waals surface area contributed by atoms with Gasteiger partial charge in [0.1, 0.15) is 0 Å². The highest BCUT2D eigenvalue weighted by Gasteiger charge is 2.17. The van der Waals surface area contributed by atoms with E-state index in [4.69, 9.17) is 0 Å². The normalized spacial score (nSPS) is 15.4. The van der Waals surface area contributed by atoms with Crippen molar-refractivity contribution >= 4 is 21.4 Å². The number of rotatable bonds is 5. The summed E-state index contributed by atoms with van der Waals surface area (Å²) in [7, 11) is 0. The molecule has 8 heteroatoms. The Balaban J connectivity index is 1.48. The largest absolute Gasteiger partial charge is 0.354 e. The molecule has 4 rings (SSSR count). The number of hydrogen-bond acceptors (Lipinski definition) is 6. The lowest BCUT2D eigenvalue weighted by Crippen LogP contribution is -2.15. The number of nitrogens with zero attached hydrogens (tertiary/aromatic N) is 5. The van der Waals surface area contributed by atoms with Crippen LogP contribution >= 0.6 is 11.3 Å². The van der Waals surface area contributed by atoms with Crippen LogP contribution in [-0.4, -0.2) is 24.4 Å². The van der Waals surface area contributed by atoms with Crippen LogP contribution in [0.15, 0.2) is 23.1 Å². The summed E-state index contributed by atoms with van der Waals surface area (Å²) in [5.74, 6) is 0. The standard InChI is InChI=1S/C16H20N6OS/c1-2-11-9-14(23)22-16(18-11)24-15(20-22)17-10-12-7-8-21(19-12)13-5-3-4-6-13/h7-9,13H,2-6,10H2,1H3,(H,17,20). The van der Waals surface area contributed by atoms with E-state index in [-0.39, 0.29) is 5.56 Å². The van der Waals surface area contributed by atoms with Gasteiger partial charge in [0.2, 0.25) is 10.1 Å².